The molecule has 1 saturated heterocycles. The van der Waals surface area contributed by atoms with Gasteiger partial charge in [0.05, 0.1) is 23.1 Å². The molecule has 4 atom stereocenters. The predicted molar refractivity (Wildman–Crippen MR) is 139 cm³/mol. The van der Waals surface area contributed by atoms with Crippen molar-refractivity contribution in [3.63, 3.8) is 0 Å². The van der Waals surface area contributed by atoms with Gasteiger partial charge in [0, 0.05) is 5.56 Å². The molecule has 0 bridgehead atoms. The van der Waals surface area contributed by atoms with Crippen LogP contribution in [0.4, 0.5) is 5.69 Å². The minimum absolute atomic E-state index is 0.179. The molecule has 0 aromatic heterocycles. The summed E-state index contributed by atoms with van der Waals surface area (Å²) < 4.78 is 5.43. The molecule has 1 aliphatic carbocycles. The van der Waals surface area contributed by atoms with Crippen molar-refractivity contribution in [3.05, 3.63) is 101 Å². The van der Waals surface area contributed by atoms with Crippen LogP contribution in [0.25, 0.3) is 0 Å². The lowest BCUT2D eigenvalue weighted by Crippen LogP contribution is -2.31. The molecule has 37 heavy (non-hydrogen) atoms. The average Bonchev–Trinajstić information content (AvgIpc) is 3.18. The van der Waals surface area contributed by atoms with E-state index in [1.165, 1.54) is 23.5 Å². The number of fused-ring (bicyclic) bond motifs is 1. The van der Waals surface area contributed by atoms with Gasteiger partial charge < -0.3 is 4.74 Å². The van der Waals surface area contributed by atoms with Crippen molar-refractivity contribution in [2.75, 3.05) is 4.90 Å². The van der Waals surface area contributed by atoms with Crippen LogP contribution >= 0.6 is 0 Å². The molecule has 2 aliphatic rings. The van der Waals surface area contributed by atoms with Crippen molar-refractivity contribution in [2.24, 2.45) is 11.8 Å². The number of ether oxygens (including phenoxy) is 1. The van der Waals surface area contributed by atoms with Crippen LogP contribution in [-0.4, -0.2) is 29.7 Å². The monoisotopic (exact) mass is 495 g/mol. The second kappa shape index (κ2) is 10.1. The number of ketones is 1. The normalized spacial score (nSPS) is 21.9. The lowest BCUT2D eigenvalue weighted by molar-refractivity contribution is -0.122. The Morgan fingerprint density at radius 2 is 1.54 bits per heavy atom. The van der Waals surface area contributed by atoms with Gasteiger partial charge in [0.2, 0.25) is 17.6 Å². The first-order chi connectivity index (χ1) is 17.8. The maximum absolute atomic E-state index is 13.4. The molecule has 2 fully saturated rings. The lowest BCUT2D eigenvalue weighted by atomic mass is 9.73. The molecular formula is C31H29NO5. The molecule has 6 heteroatoms. The Morgan fingerprint density at radius 3 is 2.27 bits per heavy atom. The van der Waals surface area contributed by atoms with Gasteiger partial charge in [-0.15, -0.1) is 0 Å². The summed E-state index contributed by atoms with van der Waals surface area (Å²) in [5.41, 5.74) is 3.22. The van der Waals surface area contributed by atoms with E-state index in [1.807, 2.05) is 37.3 Å². The third kappa shape index (κ3) is 4.84. The third-order valence-electron chi connectivity index (χ3n) is 7.53. The molecule has 188 valence electrons. The number of Topliss-reactive ketones (excluding diaryl/α,β-unsaturated/α-hetero) is 1. The number of benzene rings is 3. The maximum atomic E-state index is 13.4. The number of nitrogens with zero attached hydrogens (tertiary/aromatic N) is 1. The van der Waals surface area contributed by atoms with Crippen molar-refractivity contribution in [3.8, 4) is 0 Å². The van der Waals surface area contributed by atoms with E-state index < -0.39 is 12.1 Å². The Balaban J connectivity index is 1.30. The standard InChI is InChI=1S/C31H29NO5/c1-19-11-13-22(14-12-19)28(33)20(2)37-31(36)24-9-6-10-25(17-24)32-29(34)26-16-15-23(18-27(26)30(32)35)21-7-4-3-5-8-21/h3-14,17,20,23,26-27H,15-16,18H2,1-2H3. The van der Waals surface area contributed by atoms with Gasteiger partial charge in [-0.25, -0.2) is 4.79 Å². The summed E-state index contributed by atoms with van der Waals surface area (Å²) in [6.07, 6.45) is 1.17. The third-order valence-corrected chi connectivity index (χ3v) is 7.53. The summed E-state index contributed by atoms with van der Waals surface area (Å²) in [5.74, 6) is -1.88. The summed E-state index contributed by atoms with van der Waals surface area (Å²) in [6.45, 7) is 3.46. The summed E-state index contributed by atoms with van der Waals surface area (Å²) in [4.78, 5) is 53.4. The van der Waals surface area contributed by atoms with Crippen molar-refractivity contribution in [1.29, 1.82) is 0 Å². The van der Waals surface area contributed by atoms with Crippen molar-refractivity contribution in [1.82, 2.24) is 0 Å². The highest BCUT2D eigenvalue weighted by Crippen LogP contribution is 2.45. The number of rotatable bonds is 6. The van der Waals surface area contributed by atoms with Crippen molar-refractivity contribution >= 4 is 29.3 Å². The zero-order valence-corrected chi connectivity index (χ0v) is 20.9. The molecule has 1 aliphatic heterocycles. The van der Waals surface area contributed by atoms with Gasteiger partial charge in [0.15, 0.2) is 6.10 Å². The van der Waals surface area contributed by atoms with Gasteiger partial charge in [-0.05, 0) is 62.8 Å². The number of aryl methyl sites for hydroxylation is 1. The van der Waals surface area contributed by atoms with E-state index in [0.717, 1.165) is 12.0 Å². The van der Waals surface area contributed by atoms with Gasteiger partial charge in [-0.1, -0.05) is 66.2 Å². The average molecular weight is 496 g/mol. The van der Waals surface area contributed by atoms with Gasteiger partial charge >= 0.3 is 5.97 Å². The van der Waals surface area contributed by atoms with Crippen LogP contribution < -0.4 is 4.90 Å². The minimum atomic E-state index is -0.980. The first-order valence-corrected chi connectivity index (χ1v) is 12.7. The van der Waals surface area contributed by atoms with Gasteiger partial charge in [-0.3, -0.25) is 19.3 Å². The van der Waals surface area contributed by atoms with E-state index in [9.17, 15) is 19.2 Å². The lowest BCUT2D eigenvalue weighted by Gasteiger charge is -2.28. The van der Waals surface area contributed by atoms with E-state index in [-0.39, 0.29) is 40.9 Å². The van der Waals surface area contributed by atoms with Crippen LogP contribution in [-0.2, 0) is 14.3 Å². The molecular weight excluding hydrogens is 466 g/mol. The van der Waals surface area contributed by atoms with Crippen LogP contribution in [0.15, 0.2) is 78.9 Å². The van der Waals surface area contributed by atoms with Crippen LogP contribution in [0.3, 0.4) is 0 Å². The molecule has 5 rings (SSSR count). The Labute approximate surface area is 216 Å². The topological polar surface area (TPSA) is 80.8 Å². The minimum Gasteiger partial charge on any atom is -0.451 e. The summed E-state index contributed by atoms with van der Waals surface area (Å²) >= 11 is 0. The fraction of sp³-hybridized carbons (Fsp3) is 0.290. The number of hydrogen-bond acceptors (Lipinski definition) is 5. The first-order valence-electron chi connectivity index (χ1n) is 12.7. The number of hydrogen-bond donors (Lipinski definition) is 0. The Morgan fingerprint density at radius 1 is 0.838 bits per heavy atom. The Bertz CT molecular complexity index is 1350. The van der Waals surface area contributed by atoms with Crippen LogP contribution in [0.2, 0.25) is 0 Å². The fourth-order valence-corrected chi connectivity index (χ4v) is 5.47. The highest BCUT2D eigenvalue weighted by molar-refractivity contribution is 6.22. The summed E-state index contributed by atoms with van der Waals surface area (Å²) in [7, 11) is 0. The molecule has 0 spiro atoms. The number of carbonyl (C=O) groups is 4. The second-order valence-electron chi connectivity index (χ2n) is 9.97. The highest BCUT2D eigenvalue weighted by atomic mass is 16.5. The molecule has 1 heterocycles. The van der Waals surface area contributed by atoms with Crippen LogP contribution in [0, 0.1) is 18.8 Å². The van der Waals surface area contributed by atoms with Gasteiger partial charge in [-0.2, -0.15) is 0 Å². The van der Waals surface area contributed by atoms with E-state index in [2.05, 4.69) is 12.1 Å². The zero-order valence-electron chi connectivity index (χ0n) is 20.9. The molecule has 2 amide bonds. The number of amides is 2. The van der Waals surface area contributed by atoms with Crippen molar-refractivity contribution < 1.29 is 23.9 Å². The molecule has 3 aromatic rings. The smallest absolute Gasteiger partial charge is 0.338 e. The summed E-state index contributed by atoms with van der Waals surface area (Å²) in [6, 6.07) is 23.5. The van der Waals surface area contributed by atoms with E-state index in [4.69, 9.17) is 4.74 Å². The van der Waals surface area contributed by atoms with Gasteiger partial charge in [0.25, 0.3) is 0 Å². The molecule has 1 saturated carbocycles. The van der Waals surface area contributed by atoms with Crippen molar-refractivity contribution in [2.45, 2.75) is 45.1 Å². The van der Waals surface area contributed by atoms with E-state index in [0.29, 0.717) is 24.1 Å². The van der Waals surface area contributed by atoms with E-state index >= 15 is 0 Å². The van der Waals surface area contributed by atoms with Gasteiger partial charge in [0.1, 0.15) is 0 Å². The number of anilines is 1. The van der Waals surface area contributed by atoms with Crippen LogP contribution in [0.1, 0.15) is 63.9 Å². The molecule has 6 nitrogen and oxygen atoms in total. The molecule has 4 unspecified atom stereocenters. The second-order valence-corrected chi connectivity index (χ2v) is 9.97. The first kappa shape index (κ1) is 24.6. The maximum Gasteiger partial charge on any atom is 0.338 e. The van der Waals surface area contributed by atoms with Crippen LogP contribution in [0.5, 0.6) is 0 Å². The molecule has 0 N–H and O–H groups in total. The number of esters is 1. The predicted octanol–water partition coefficient (Wildman–Crippen LogP) is 5.50. The zero-order chi connectivity index (χ0) is 26.1. The number of carbonyl (C=O) groups excluding carboxylic acids is 4. The van der Waals surface area contributed by atoms with E-state index in [1.54, 1.807) is 30.3 Å². The highest BCUT2D eigenvalue weighted by Gasteiger charge is 2.50. The molecule has 0 radical (unpaired) electrons. The SMILES string of the molecule is Cc1ccc(C(=O)C(C)OC(=O)c2cccc(N3C(=O)C4CCC(c5ccccc5)CC4C3=O)c2)cc1. The quantitative estimate of drug-likeness (QED) is 0.256. The fourth-order valence-electron chi connectivity index (χ4n) is 5.47. The Hall–Kier alpha value is -4.06. The number of imide groups is 1. The largest absolute Gasteiger partial charge is 0.451 e. The summed E-state index contributed by atoms with van der Waals surface area (Å²) in [5, 5.41) is 0. The Kier molecular flexibility index (Phi) is 6.74. The molecule has 3 aromatic carbocycles.